The van der Waals surface area contributed by atoms with Gasteiger partial charge in [-0.3, -0.25) is 4.79 Å². The zero-order chi connectivity index (χ0) is 13.7. The summed E-state index contributed by atoms with van der Waals surface area (Å²) in [6.45, 7) is 3.93. The molecule has 0 atom stereocenters. The molecule has 0 aliphatic heterocycles. The summed E-state index contributed by atoms with van der Waals surface area (Å²) < 4.78 is 0. The van der Waals surface area contributed by atoms with Crippen LogP contribution < -0.4 is 5.43 Å². The lowest BCUT2D eigenvalue weighted by atomic mass is 10.2. The van der Waals surface area contributed by atoms with Crippen molar-refractivity contribution in [3.8, 4) is 0 Å². The highest BCUT2D eigenvalue weighted by atomic mass is 32.1. The topological polar surface area (TPSA) is 54.4 Å². The first kappa shape index (κ1) is 13.4. The monoisotopic (exact) mass is 273 g/mol. The highest BCUT2D eigenvalue weighted by Gasteiger charge is 2.04. The lowest BCUT2D eigenvalue weighted by molar-refractivity contribution is -0.120. The molecule has 2 rings (SSSR count). The molecule has 0 aliphatic carbocycles. The first-order valence-corrected chi connectivity index (χ1v) is 6.81. The van der Waals surface area contributed by atoms with Crippen LogP contribution in [0.3, 0.4) is 0 Å². The van der Waals surface area contributed by atoms with Gasteiger partial charge in [0.2, 0.25) is 5.91 Å². The first-order valence-electron chi connectivity index (χ1n) is 5.93. The molecule has 0 radical (unpaired) electrons. The molecule has 0 saturated heterocycles. The van der Waals surface area contributed by atoms with Crippen LogP contribution in [0.2, 0.25) is 0 Å². The number of nitrogens with zero attached hydrogens (tertiary/aromatic N) is 2. The van der Waals surface area contributed by atoms with Crippen molar-refractivity contribution in [2.24, 2.45) is 5.10 Å². The van der Waals surface area contributed by atoms with E-state index in [1.54, 1.807) is 6.21 Å². The molecule has 1 heterocycles. The fourth-order valence-corrected chi connectivity index (χ4v) is 2.24. The van der Waals surface area contributed by atoms with Gasteiger partial charge in [0.25, 0.3) is 0 Å². The van der Waals surface area contributed by atoms with Gasteiger partial charge in [-0.25, -0.2) is 10.4 Å². The van der Waals surface area contributed by atoms with E-state index in [0.29, 0.717) is 0 Å². The molecule has 1 aromatic carbocycles. The summed E-state index contributed by atoms with van der Waals surface area (Å²) in [6, 6.07) is 7.91. The van der Waals surface area contributed by atoms with Gasteiger partial charge in [-0.05, 0) is 19.4 Å². The number of nitrogens with one attached hydrogen (secondary N) is 1. The van der Waals surface area contributed by atoms with Crippen molar-refractivity contribution in [1.82, 2.24) is 10.4 Å². The predicted octanol–water partition coefficient (Wildman–Crippen LogP) is 2.45. The second-order valence-electron chi connectivity index (χ2n) is 4.24. The van der Waals surface area contributed by atoms with E-state index in [-0.39, 0.29) is 12.3 Å². The van der Waals surface area contributed by atoms with Crippen molar-refractivity contribution in [2.45, 2.75) is 20.3 Å². The molecule has 4 nitrogen and oxygen atoms in total. The molecular formula is C14H15N3OS. The Hall–Kier alpha value is -2.01. The summed E-state index contributed by atoms with van der Waals surface area (Å²) in [6.07, 6.45) is 1.90. The molecule has 5 heteroatoms. The molecule has 19 heavy (non-hydrogen) atoms. The smallest absolute Gasteiger partial charge is 0.246 e. The Kier molecular flexibility index (Phi) is 4.41. The number of thiazole rings is 1. The van der Waals surface area contributed by atoms with Crippen LogP contribution in [0, 0.1) is 13.8 Å². The maximum absolute atomic E-state index is 11.6. The third-order valence-electron chi connectivity index (χ3n) is 2.45. The van der Waals surface area contributed by atoms with Gasteiger partial charge in [0, 0.05) is 5.38 Å². The third kappa shape index (κ3) is 4.30. The number of rotatable bonds is 4. The number of amides is 1. The minimum absolute atomic E-state index is 0.158. The Morgan fingerprint density at radius 1 is 1.47 bits per heavy atom. The van der Waals surface area contributed by atoms with Gasteiger partial charge < -0.3 is 0 Å². The molecule has 1 aromatic heterocycles. The molecule has 0 aliphatic rings. The minimum atomic E-state index is -0.158. The highest BCUT2D eigenvalue weighted by molar-refractivity contribution is 7.09. The zero-order valence-corrected chi connectivity index (χ0v) is 11.7. The molecule has 0 saturated carbocycles. The lowest BCUT2D eigenvalue weighted by Gasteiger charge is -1.98. The fourth-order valence-electron chi connectivity index (χ4n) is 1.62. The van der Waals surface area contributed by atoms with Crippen LogP contribution in [0.15, 0.2) is 34.7 Å². The Morgan fingerprint density at radius 3 is 3.00 bits per heavy atom. The zero-order valence-electron chi connectivity index (χ0n) is 10.9. The SMILES string of the molecule is Cc1cccc(C=NNC(=O)Cc2csc(C)n2)c1. The summed E-state index contributed by atoms with van der Waals surface area (Å²) in [7, 11) is 0. The number of benzene rings is 1. The van der Waals surface area contributed by atoms with Gasteiger partial charge in [-0.1, -0.05) is 29.8 Å². The Labute approximate surface area is 116 Å². The van der Waals surface area contributed by atoms with E-state index in [0.717, 1.165) is 21.8 Å². The molecular weight excluding hydrogens is 258 g/mol. The first-order chi connectivity index (χ1) is 9.13. The van der Waals surface area contributed by atoms with Gasteiger partial charge in [0.05, 0.1) is 23.3 Å². The standard InChI is InChI=1S/C14H15N3OS/c1-10-4-3-5-12(6-10)8-15-17-14(18)7-13-9-19-11(2)16-13/h3-6,8-9H,7H2,1-2H3,(H,17,18). The number of aryl methyl sites for hydroxylation is 2. The third-order valence-corrected chi connectivity index (χ3v) is 3.28. The van der Waals surface area contributed by atoms with Crippen molar-refractivity contribution in [1.29, 1.82) is 0 Å². The average molecular weight is 273 g/mol. The summed E-state index contributed by atoms with van der Waals surface area (Å²) >= 11 is 1.54. The van der Waals surface area contributed by atoms with Crippen molar-refractivity contribution >= 4 is 23.5 Å². The van der Waals surface area contributed by atoms with Crippen LogP contribution >= 0.6 is 11.3 Å². The van der Waals surface area contributed by atoms with E-state index >= 15 is 0 Å². The van der Waals surface area contributed by atoms with Crippen LogP contribution in [-0.4, -0.2) is 17.1 Å². The summed E-state index contributed by atoms with van der Waals surface area (Å²) in [5.41, 5.74) is 5.41. The predicted molar refractivity (Wildman–Crippen MR) is 77.5 cm³/mol. The van der Waals surface area contributed by atoms with Crippen molar-refractivity contribution in [3.63, 3.8) is 0 Å². The number of aromatic nitrogens is 1. The van der Waals surface area contributed by atoms with Crippen LogP contribution in [0.25, 0.3) is 0 Å². The number of carbonyl (C=O) groups is 1. The number of hydrazone groups is 1. The molecule has 0 unspecified atom stereocenters. The van der Waals surface area contributed by atoms with Gasteiger partial charge in [0.15, 0.2) is 0 Å². The van der Waals surface area contributed by atoms with E-state index < -0.39 is 0 Å². The molecule has 98 valence electrons. The van der Waals surface area contributed by atoms with Crippen molar-refractivity contribution in [3.05, 3.63) is 51.5 Å². The van der Waals surface area contributed by atoms with E-state index in [1.807, 2.05) is 43.5 Å². The van der Waals surface area contributed by atoms with E-state index in [1.165, 1.54) is 11.3 Å². The molecule has 0 spiro atoms. The van der Waals surface area contributed by atoms with Crippen LogP contribution in [0.4, 0.5) is 0 Å². The Morgan fingerprint density at radius 2 is 2.32 bits per heavy atom. The van der Waals surface area contributed by atoms with Crippen molar-refractivity contribution < 1.29 is 4.79 Å². The van der Waals surface area contributed by atoms with Gasteiger partial charge in [-0.15, -0.1) is 11.3 Å². The maximum atomic E-state index is 11.6. The fraction of sp³-hybridized carbons (Fsp3) is 0.214. The Balaban J connectivity index is 1.86. The number of hydrogen-bond acceptors (Lipinski definition) is 4. The molecule has 0 bridgehead atoms. The number of hydrogen-bond donors (Lipinski definition) is 1. The molecule has 0 fully saturated rings. The van der Waals surface area contributed by atoms with Crippen LogP contribution in [0.5, 0.6) is 0 Å². The number of carbonyl (C=O) groups excluding carboxylic acids is 1. The normalized spacial score (nSPS) is 10.8. The summed E-state index contributed by atoms with van der Waals surface area (Å²) in [5, 5.41) is 6.79. The van der Waals surface area contributed by atoms with Crippen molar-refractivity contribution in [2.75, 3.05) is 0 Å². The largest absolute Gasteiger partial charge is 0.273 e. The Bertz CT molecular complexity index is 604. The van der Waals surface area contributed by atoms with Crippen LogP contribution in [-0.2, 0) is 11.2 Å². The maximum Gasteiger partial charge on any atom is 0.246 e. The van der Waals surface area contributed by atoms with E-state index in [2.05, 4.69) is 15.5 Å². The summed E-state index contributed by atoms with van der Waals surface area (Å²) in [4.78, 5) is 15.9. The average Bonchev–Trinajstić information content (AvgIpc) is 2.75. The molecule has 2 aromatic rings. The lowest BCUT2D eigenvalue weighted by Crippen LogP contribution is -2.19. The van der Waals surface area contributed by atoms with Gasteiger partial charge in [0.1, 0.15) is 0 Å². The van der Waals surface area contributed by atoms with Crippen LogP contribution in [0.1, 0.15) is 21.8 Å². The minimum Gasteiger partial charge on any atom is -0.273 e. The highest BCUT2D eigenvalue weighted by Crippen LogP contribution is 2.08. The molecule has 1 N–H and O–H groups in total. The second kappa shape index (κ2) is 6.24. The second-order valence-corrected chi connectivity index (χ2v) is 5.30. The van der Waals surface area contributed by atoms with Gasteiger partial charge >= 0.3 is 0 Å². The molecule has 1 amide bonds. The van der Waals surface area contributed by atoms with Gasteiger partial charge in [-0.2, -0.15) is 5.10 Å². The van der Waals surface area contributed by atoms with E-state index in [4.69, 9.17) is 0 Å². The quantitative estimate of drug-likeness (QED) is 0.687. The summed E-state index contributed by atoms with van der Waals surface area (Å²) in [5.74, 6) is -0.158. The van der Waals surface area contributed by atoms with E-state index in [9.17, 15) is 4.79 Å².